The third-order valence-corrected chi connectivity index (χ3v) is 11.0. The average Bonchev–Trinajstić information content (AvgIpc) is 3.48. The van der Waals surface area contributed by atoms with Gasteiger partial charge in [0.2, 0.25) is 0 Å². The summed E-state index contributed by atoms with van der Waals surface area (Å²) >= 11 is 15.1. The van der Waals surface area contributed by atoms with Crippen molar-refractivity contribution in [3.8, 4) is 0 Å². The largest absolute Gasteiger partial charge is 0.488 e. The molecule has 1 aliphatic rings. The van der Waals surface area contributed by atoms with E-state index in [1.165, 1.54) is 15.6 Å². The van der Waals surface area contributed by atoms with Crippen molar-refractivity contribution in [3.05, 3.63) is 106 Å². The molecule has 1 atom stereocenters. The molecule has 54 heavy (non-hydrogen) atoms. The number of ether oxygens (including phenoxy) is 3. The monoisotopic (exact) mass is 794 g/mol. The van der Waals surface area contributed by atoms with Gasteiger partial charge in [-0.2, -0.15) is 0 Å². The Morgan fingerprint density at radius 2 is 1.52 bits per heavy atom. The van der Waals surface area contributed by atoms with Crippen LogP contribution in [-0.4, -0.2) is 71.7 Å². The molecule has 0 saturated heterocycles. The number of amides is 1. The van der Waals surface area contributed by atoms with E-state index in [0.29, 0.717) is 40.9 Å². The van der Waals surface area contributed by atoms with Crippen LogP contribution in [0.2, 0.25) is 10.0 Å². The third kappa shape index (κ3) is 11.2. The van der Waals surface area contributed by atoms with E-state index in [1.54, 1.807) is 28.8 Å². The summed E-state index contributed by atoms with van der Waals surface area (Å²) in [5.41, 5.74) is 3.08. The number of anilines is 5. The lowest BCUT2D eigenvalue weighted by molar-refractivity contribution is -0.130. The van der Waals surface area contributed by atoms with E-state index in [1.807, 2.05) is 94.3 Å². The van der Waals surface area contributed by atoms with E-state index >= 15 is 0 Å². The highest BCUT2D eigenvalue weighted by atomic mass is 35.5. The number of nitrogens with zero attached hydrogens (tertiary/aromatic N) is 4. The molecule has 3 aromatic carbocycles. The fourth-order valence-electron chi connectivity index (χ4n) is 5.93. The van der Waals surface area contributed by atoms with Gasteiger partial charge in [-0.15, -0.1) is 0 Å². The van der Waals surface area contributed by atoms with E-state index in [0.717, 1.165) is 23.7 Å². The van der Waals surface area contributed by atoms with Gasteiger partial charge in [0.1, 0.15) is 18.0 Å². The highest BCUT2D eigenvalue weighted by Crippen LogP contribution is 2.45. The van der Waals surface area contributed by atoms with Crippen LogP contribution in [0.5, 0.6) is 0 Å². The predicted octanol–water partition coefficient (Wildman–Crippen LogP) is 11.1. The van der Waals surface area contributed by atoms with Crippen LogP contribution in [0.4, 0.5) is 28.4 Å². The fourth-order valence-corrected chi connectivity index (χ4v) is 7.75. The molecule has 8 nitrogen and oxygen atoms in total. The minimum absolute atomic E-state index is 0.165. The molecule has 0 aromatic heterocycles. The molecule has 1 aliphatic heterocycles. The van der Waals surface area contributed by atoms with Crippen LogP contribution in [0.25, 0.3) is 0 Å². The van der Waals surface area contributed by atoms with E-state index in [2.05, 4.69) is 62.9 Å². The molecule has 3 aromatic rings. The zero-order valence-corrected chi connectivity index (χ0v) is 35.7. The first-order valence-electron chi connectivity index (χ1n) is 18.4. The predicted molar refractivity (Wildman–Crippen MR) is 230 cm³/mol. The van der Waals surface area contributed by atoms with Crippen LogP contribution < -0.4 is 19.6 Å². The highest BCUT2D eigenvalue weighted by Gasteiger charge is 2.28. The number of carbonyl (C=O) groups excluding carboxylic acids is 1. The summed E-state index contributed by atoms with van der Waals surface area (Å²) in [6.45, 7) is 13.8. The quantitative estimate of drug-likeness (QED) is 0.0932. The first-order valence-corrected chi connectivity index (χ1v) is 20.0. The zero-order valence-electron chi connectivity index (χ0n) is 33.4. The van der Waals surface area contributed by atoms with Crippen molar-refractivity contribution in [2.24, 2.45) is 0 Å². The van der Waals surface area contributed by atoms with Gasteiger partial charge in [0.05, 0.1) is 62.3 Å². The molecule has 0 aliphatic carbocycles. The third-order valence-electron chi connectivity index (χ3n) is 9.26. The Morgan fingerprint density at radius 1 is 0.907 bits per heavy atom. The second-order valence-electron chi connectivity index (χ2n) is 14.4. The lowest BCUT2D eigenvalue weighted by Crippen LogP contribution is -2.38. The number of carbonyl (C=O) groups is 1. The first kappa shape index (κ1) is 43.1. The standard InChI is InChI=1S/C43H56Cl2N4O4S/c1-11-33(17-16-20-41-48(13-3)38-18-14-15-19-39(38)54-41)53-42(4,5)25-26-52-43(6,12-2)30-51-29-40(50)49(31-21-23-36(46(7)8)34(44)27-31)32-22-24-37(47(9)10)35(45)28-32/h11,14-24,27-28H,12-13,25-26,29-30H2,1-10H3/b17-16+,33-11-,41-20-. The lowest BCUT2D eigenvalue weighted by atomic mass is 10.0. The lowest BCUT2D eigenvalue weighted by Gasteiger charge is -2.32. The number of benzene rings is 3. The Kier molecular flexibility index (Phi) is 15.4. The number of thioether (sulfide) groups is 1. The highest BCUT2D eigenvalue weighted by molar-refractivity contribution is 8.03. The first-order chi connectivity index (χ1) is 25.6. The molecule has 1 heterocycles. The molecule has 0 fully saturated rings. The summed E-state index contributed by atoms with van der Waals surface area (Å²) in [5.74, 6) is 0.534. The summed E-state index contributed by atoms with van der Waals surface area (Å²) in [4.78, 5) is 22.9. The van der Waals surface area contributed by atoms with Crippen LogP contribution in [0.15, 0.2) is 101 Å². The van der Waals surface area contributed by atoms with E-state index < -0.39 is 11.2 Å². The van der Waals surface area contributed by atoms with Crippen molar-refractivity contribution in [2.45, 2.75) is 70.5 Å². The normalized spacial score (nSPS) is 15.1. The Bertz CT molecular complexity index is 1790. The van der Waals surface area contributed by atoms with Crippen molar-refractivity contribution in [1.82, 2.24) is 0 Å². The maximum Gasteiger partial charge on any atom is 0.257 e. The fraction of sp³-hybridized carbons (Fsp3) is 0.419. The van der Waals surface area contributed by atoms with Crippen LogP contribution >= 0.6 is 35.0 Å². The Hall–Kier alpha value is -3.60. The molecule has 292 valence electrons. The molecule has 4 rings (SSSR count). The molecule has 11 heteroatoms. The summed E-state index contributed by atoms with van der Waals surface area (Å²) in [6.07, 6.45) is 9.53. The van der Waals surface area contributed by atoms with Gasteiger partial charge in [0.15, 0.2) is 0 Å². The van der Waals surface area contributed by atoms with Gasteiger partial charge in [0, 0.05) is 46.1 Å². The molecular formula is C43H56Cl2N4O4S. The second kappa shape index (κ2) is 19.3. The van der Waals surface area contributed by atoms with Gasteiger partial charge in [-0.05, 0) is 108 Å². The van der Waals surface area contributed by atoms with E-state index in [-0.39, 0.29) is 19.1 Å². The van der Waals surface area contributed by atoms with E-state index in [9.17, 15) is 4.79 Å². The molecule has 0 radical (unpaired) electrons. The van der Waals surface area contributed by atoms with Crippen molar-refractivity contribution in [3.63, 3.8) is 0 Å². The van der Waals surface area contributed by atoms with Gasteiger partial charge in [-0.3, -0.25) is 9.69 Å². The average molecular weight is 796 g/mol. The van der Waals surface area contributed by atoms with Crippen molar-refractivity contribution < 1.29 is 19.0 Å². The van der Waals surface area contributed by atoms with Gasteiger partial charge in [-0.25, -0.2) is 0 Å². The number of allylic oxidation sites excluding steroid dienone is 4. The summed E-state index contributed by atoms with van der Waals surface area (Å²) in [6, 6.07) is 19.6. The van der Waals surface area contributed by atoms with Crippen LogP contribution in [0.3, 0.4) is 0 Å². The molecular weight excluding hydrogens is 739 g/mol. The topological polar surface area (TPSA) is 57.7 Å². The van der Waals surface area contributed by atoms with Crippen LogP contribution in [0.1, 0.15) is 54.4 Å². The number of rotatable bonds is 18. The summed E-state index contributed by atoms with van der Waals surface area (Å²) < 4.78 is 18.9. The number of fused-ring (bicyclic) bond motifs is 1. The maximum absolute atomic E-state index is 13.9. The molecule has 0 spiro atoms. The number of hydrogen-bond acceptors (Lipinski definition) is 8. The van der Waals surface area contributed by atoms with Gasteiger partial charge < -0.3 is 28.9 Å². The molecule has 1 amide bonds. The van der Waals surface area contributed by atoms with Crippen molar-refractivity contribution in [2.75, 3.05) is 74.2 Å². The Morgan fingerprint density at radius 3 is 2.06 bits per heavy atom. The molecule has 0 saturated carbocycles. The smallest absolute Gasteiger partial charge is 0.257 e. The minimum atomic E-state index is -0.605. The SMILES string of the molecule is C/C=C(/C=C/C=C1\Sc2ccccc2N1CC)OC(C)(C)CCOC(C)(CC)COCC(=O)N(c1ccc(N(C)C)c(Cl)c1)c1ccc(N(C)C)c(Cl)c1. The van der Waals surface area contributed by atoms with Gasteiger partial charge in [-0.1, -0.05) is 60.1 Å². The summed E-state index contributed by atoms with van der Waals surface area (Å²) in [7, 11) is 7.68. The number of para-hydroxylation sites is 1. The van der Waals surface area contributed by atoms with Crippen molar-refractivity contribution >= 4 is 69.3 Å². The van der Waals surface area contributed by atoms with Gasteiger partial charge in [0.25, 0.3) is 5.91 Å². The number of hydrogen-bond donors (Lipinski definition) is 0. The number of halogens is 2. The summed E-state index contributed by atoms with van der Waals surface area (Å²) in [5, 5.41) is 2.25. The van der Waals surface area contributed by atoms with Crippen molar-refractivity contribution in [1.29, 1.82) is 0 Å². The Labute approximate surface area is 337 Å². The van der Waals surface area contributed by atoms with Crippen LogP contribution in [0, 0.1) is 0 Å². The second-order valence-corrected chi connectivity index (χ2v) is 16.3. The molecule has 1 unspecified atom stereocenters. The molecule has 0 N–H and O–H groups in total. The van der Waals surface area contributed by atoms with Gasteiger partial charge >= 0.3 is 0 Å². The Balaban J connectivity index is 1.35. The van der Waals surface area contributed by atoms with E-state index in [4.69, 9.17) is 37.4 Å². The minimum Gasteiger partial charge on any atom is -0.488 e. The zero-order chi connectivity index (χ0) is 39.6. The van der Waals surface area contributed by atoms with Crippen LogP contribution in [-0.2, 0) is 19.0 Å². The maximum atomic E-state index is 13.9. The molecule has 0 bridgehead atoms.